The van der Waals surface area contributed by atoms with E-state index in [0.717, 1.165) is 44.9 Å². The predicted octanol–water partition coefficient (Wildman–Crippen LogP) is 0.783. The first-order chi connectivity index (χ1) is 7.75. The minimum atomic E-state index is 0.0200. The molecular weight excluding hydrogens is 204 g/mol. The Bertz CT molecular complexity index is 209. The molecule has 2 unspecified atom stereocenters. The Kier molecular flexibility index (Phi) is 6.42. The van der Waals surface area contributed by atoms with Gasteiger partial charge in [0.05, 0.1) is 5.92 Å². The van der Waals surface area contributed by atoms with Gasteiger partial charge in [-0.2, -0.15) is 0 Å². The third-order valence-electron chi connectivity index (χ3n) is 3.29. The summed E-state index contributed by atoms with van der Waals surface area (Å²) in [5.74, 6) is 0.141. The molecule has 4 nitrogen and oxygen atoms in total. The standard InChI is InChI=1S/C12H24N2O2/c13-11-7-3-2-6-10(11)12(16)14-8-4-1-5-9-15/h10-11,15H,1-9,13H2,(H,14,16). The highest BCUT2D eigenvalue weighted by Gasteiger charge is 2.27. The van der Waals surface area contributed by atoms with Gasteiger partial charge in [0, 0.05) is 19.2 Å². The molecular formula is C12H24N2O2. The molecule has 1 aliphatic carbocycles. The number of hydrogen-bond donors (Lipinski definition) is 3. The number of nitrogens with two attached hydrogens (primary N) is 1. The third kappa shape index (κ3) is 4.49. The van der Waals surface area contributed by atoms with E-state index in [1.807, 2.05) is 0 Å². The van der Waals surface area contributed by atoms with Crippen molar-refractivity contribution < 1.29 is 9.90 Å². The van der Waals surface area contributed by atoms with Gasteiger partial charge in [-0.05, 0) is 32.1 Å². The lowest BCUT2D eigenvalue weighted by Gasteiger charge is -2.27. The highest BCUT2D eigenvalue weighted by atomic mass is 16.2. The molecule has 0 aliphatic heterocycles. The van der Waals surface area contributed by atoms with Crippen molar-refractivity contribution in [3.63, 3.8) is 0 Å². The normalized spacial score (nSPS) is 25.4. The van der Waals surface area contributed by atoms with Gasteiger partial charge in [0.15, 0.2) is 0 Å². The molecule has 1 fully saturated rings. The van der Waals surface area contributed by atoms with E-state index < -0.39 is 0 Å². The fourth-order valence-electron chi connectivity index (χ4n) is 2.24. The lowest BCUT2D eigenvalue weighted by Crippen LogP contribution is -2.43. The van der Waals surface area contributed by atoms with E-state index in [-0.39, 0.29) is 24.5 Å². The smallest absolute Gasteiger partial charge is 0.224 e. The summed E-state index contributed by atoms with van der Waals surface area (Å²) in [6.45, 7) is 0.948. The maximum Gasteiger partial charge on any atom is 0.224 e. The van der Waals surface area contributed by atoms with Crippen LogP contribution in [0.3, 0.4) is 0 Å². The van der Waals surface area contributed by atoms with Gasteiger partial charge in [0.2, 0.25) is 5.91 Å². The lowest BCUT2D eigenvalue weighted by atomic mass is 9.84. The van der Waals surface area contributed by atoms with E-state index in [1.165, 1.54) is 0 Å². The van der Waals surface area contributed by atoms with E-state index >= 15 is 0 Å². The molecule has 2 atom stereocenters. The number of aliphatic hydroxyl groups is 1. The molecule has 0 saturated heterocycles. The van der Waals surface area contributed by atoms with Crippen molar-refractivity contribution in [2.75, 3.05) is 13.2 Å². The molecule has 0 spiro atoms. The molecule has 0 aromatic heterocycles. The average molecular weight is 228 g/mol. The maximum absolute atomic E-state index is 11.8. The van der Waals surface area contributed by atoms with Crippen molar-refractivity contribution in [2.24, 2.45) is 11.7 Å². The van der Waals surface area contributed by atoms with Crippen LogP contribution in [0.25, 0.3) is 0 Å². The van der Waals surface area contributed by atoms with Gasteiger partial charge >= 0.3 is 0 Å². The fraction of sp³-hybridized carbons (Fsp3) is 0.917. The Balaban J connectivity index is 2.13. The second kappa shape index (κ2) is 7.63. The van der Waals surface area contributed by atoms with E-state index in [0.29, 0.717) is 6.54 Å². The summed E-state index contributed by atoms with van der Waals surface area (Å²) < 4.78 is 0. The molecule has 4 N–H and O–H groups in total. The second-order valence-corrected chi connectivity index (χ2v) is 4.63. The summed E-state index contributed by atoms with van der Waals surface area (Å²) in [5.41, 5.74) is 5.94. The first-order valence-corrected chi connectivity index (χ1v) is 6.40. The molecule has 0 bridgehead atoms. The Hall–Kier alpha value is -0.610. The summed E-state index contributed by atoms with van der Waals surface area (Å²) >= 11 is 0. The van der Waals surface area contributed by atoms with Gasteiger partial charge in [0.1, 0.15) is 0 Å². The molecule has 94 valence electrons. The SMILES string of the molecule is NC1CCCCC1C(=O)NCCCCCO. The number of amides is 1. The second-order valence-electron chi connectivity index (χ2n) is 4.63. The maximum atomic E-state index is 11.8. The predicted molar refractivity (Wildman–Crippen MR) is 63.9 cm³/mol. The fourth-order valence-corrected chi connectivity index (χ4v) is 2.24. The van der Waals surface area contributed by atoms with Crippen LogP contribution in [0.4, 0.5) is 0 Å². The van der Waals surface area contributed by atoms with Crippen molar-refractivity contribution in [2.45, 2.75) is 51.0 Å². The number of hydrogen-bond acceptors (Lipinski definition) is 3. The largest absolute Gasteiger partial charge is 0.396 e. The summed E-state index contributed by atoms with van der Waals surface area (Å²) in [7, 11) is 0. The number of unbranched alkanes of at least 4 members (excludes halogenated alkanes) is 2. The minimum absolute atomic E-state index is 0.0200. The monoisotopic (exact) mass is 228 g/mol. The molecule has 1 rings (SSSR count). The van der Waals surface area contributed by atoms with E-state index in [1.54, 1.807) is 0 Å². The Labute approximate surface area is 97.6 Å². The van der Waals surface area contributed by atoms with Crippen LogP contribution in [0, 0.1) is 5.92 Å². The van der Waals surface area contributed by atoms with Crippen molar-refractivity contribution in [1.29, 1.82) is 0 Å². The third-order valence-corrected chi connectivity index (χ3v) is 3.29. The molecule has 0 radical (unpaired) electrons. The van der Waals surface area contributed by atoms with Gasteiger partial charge in [-0.1, -0.05) is 12.8 Å². The quantitative estimate of drug-likeness (QED) is 0.588. The zero-order valence-corrected chi connectivity index (χ0v) is 9.95. The Morgan fingerprint density at radius 1 is 1.25 bits per heavy atom. The van der Waals surface area contributed by atoms with Crippen LogP contribution in [0.1, 0.15) is 44.9 Å². The molecule has 0 aromatic carbocycles. The van der Waals surface area contributed by atoms with Crippen molar-refractivity contribution in [1.82, 2.24) is 5.32 Å². The van der Waals surface area contributed by atoms with Crippen LogP contribution in [0.15, 0.2) is 0 Å². The van der Waals surface area contributed by atoms with Crippen LogP contribution in [0.2, 0.25) is 0 Å². The highest BCUT2D eigenvalue weighted by Crippen LogP contribution is 2.22. The van der Waals surface area contributed by atoms with E-state index in [4.69, 9.17) is 10.8 Å². The van der Waals surface area contributed by atoms with Gasteiger partial charge < -0.3 is 16.2 Å². The summed E-state index contributed by atoms with van der Waals surface area (Å²) in [5, 5.41) is 11.6. The van der Waals surface area contributed by atoms with Crippen LogP contribution < -0.4 is 11.1 Å². The van der Waals surface area contributed by atoms with Crippen molar-refractivity contribution in [3.05, 3.63) is 0 Å². The van der Waals surface area contributed by atoms with Crippen LogP contribution in [-0.4, -0.2) is 30.2 Å². The van der Waals surface area contributed by atoms with Gasteiger partial charge in [0.25, 0.3) is 0 Å². The topological polar surface area (TPSA) is 75.4 Å². The summed E-state index contributed by atoms with van der Waals surface area (Å²) in [4.78, 5) is 11.8. The molecule has 4 heteroatoms. The van der Waals surface area contributed by atoms with Gasteiger partial charge in [-0.25, -0.2) is 0 Å². The van der Waals surface area contributed by atoms with Gasteiger partial charge in [-0.3, -0.25) is 4.79 Å². The Morgan fingerprint density at radius 2 is 2.00 bits per heavy atom. The van der Waals surface area contributed by atoms with Crippen LogP contribution >= 0.6 is 0 Å². The van der Waals surface area contributed by atoms with Crippen LogP contribution in [-0.2, 0) is 4.79 Å². The zero-order chi connectivity index (χ0) is 11.8. The highest BCUT2D eigenvalue weighted by molar-refractivity contribution is 5.79. The zero-order valence-electron chi connectivity index (χ0n) is 9.95. The van der Waals surface area contributed by atoms with Crippen LogP contribution in [0.5, 0.6) is 0 Å². The summed E-state index contributed by atoms with van der Waals surface area (Å²) in [6, 6.07) is 0.0474. The van der Waals surface area contributed by atoms with E-state index in [9.17, 15) is 4.79 Å². The van der Waals surface area contributed by atoms with E-state index in [2.05, 4.69) is 5.32 Å². The van der Waals surface area contributed by atoms with Crippen molar-refractivity contribution >= 4 is 5.91 Å². The summed E-state index contributed by atoms with van der Waals surface area (Å²) in [6.07, 6.45) is 6.91. The number of rotatable bonds is 6. The molecule has 0 heterocycles. The lowest BCUT2D eigenvalue weighted by molar-refractivity contribution is -0.126. The first-order valence-electron chi connectivity index (χ1n) is 6.40. The Morgan fingerprint density at radius 3 is 2.69 bits per heavy atom. The molecule has 16 heavy (non-hydrogen) atoms. The van der Waals surface area contributed by atoms with Gasteiger partial charge in [-0.15, -0.1) is 0 Å². The molecule has 1 saturated carbocycles. The first kappa shape index (κ1) is 13.5. The molecule has 0 aromatic rings. The minimum Gasteiger partial charge on any atom is -0.396 e. The number of carbonyl (C=O) groups excluding carboxylic acids is 1. The molecule has 1 amide bonds. The number of aliphatic hydroxyl groups excluding tert-OH is 1. The van der Waals surface area contributed by atoms with Crippen molar-refractivity contribution in [3.8, 4) is 0 Å². The average Bonchev–Trinajstić information content (AvgIpc) is 2.29. The number of carbonyl (C=O) groups is 1. The molecule has 1 aliphatic rings. The number of nitrogens with one attached hydrogen (secondary N) is 1.